The number of rotatable bonds is 3. The van der Waals surface area contributed by atoms with E-state index in [1.807, 2.05) is 18.2 Å². The van der Waals surface area contributed by atoms with Crippen LogP contribution in [0.2, 0.25) is 5.02 Å². The van der Waals surface area contributed by atoms with Gasteiger partial charge < -0.3 is 4.57 Å². The summed E-state index contributed by atoms with van der Waals surface area (Å²) in [7, 11) is 0. The molecule has 3 aromatic rings. The molecule has 1 aliphatic carbocycles. The van der Waals surface area contributed by atoms with Crippen LogP contribution in [0.25, 0.3) is 22.3 Å². The zero-order chi connectivity index (χ0) is 17.2. The molecule has 0 bridgehead atoms. The summed E-state index contributed by atoms with van der Waals surface area (Å²) in [6.45, 7) is 0.958. The molecule has 0 unspecified atom stereocenters. The van der Waals surface area contributed by atoms with Gasteiger partial charge in [0.05, 0.1) is 16.1 Å². The van der Waals surface area contributed by atoms with Gasteiger partial charge in [-0.2, -0.15) is 5.26 Å². The van der Waals surface area contributed by atoms with E-state index in [1.54, 1.807) is 12.4 Å². The lowest BCUT2D eigenvalue weighted by molar-refractivity contribution is 0.322. The predicted octanol–water partition coefficient (Wildman–Crippen LogP) is 4.60. The van der Waals surface area contributed by atoms with E-state index in [-0.39, 0.29) is 5.82 Å². The van der Waals surface area contributed by atoms with E-state index in [0.717, 1.165) is 28.8 Å². The Morgan fingerprint density at radius 2 is 2.04 bits per heavy atom. The first-order valence-corrected chi connectivity index (χ1v) is 9.00. The number of pyridine rings is 1. The molecule has 5 nitrogen and oxygen atoms in total. The standard InChI is InChI=1S/C19H18ClN5/c20-15-8-14(10-22-11-15)18-19-16(23-17(9-21)24-18)6-7-25(19)12-13-4-2-1-3-5-13/h6-8,10-11,13H,1-5,12H2. The van der Waals surface area contributed by atoms with E-state index >= 15 is 0 Å². The molecule has 0 aromatic carbocycles. The lowest BCUT2D eigenvalue weighted by Gasteiger charge is -2.22. The highest BCUT2D eigenvalue weighted by atomic mass is 35.5. The third-order valence-corrected chi connectivity index (χ3v) is 5.08. The van der Waals surface area contributed by atoms with Crippen LogP contribution >= 0.6 is 11.6 Å². The molecule has 1 saturated carbocycles. The number of aromatic nitrogens is 4. The Bertz CT molecular complexity index is 950. The van der Waals surface area contributed by atoms with Gasteiger partial charge in [0.2, 0.25) is 5.82 Å². The first-order valence-electron chi connectivity index (χ1n) is 8.62. The minimum absolute atomic E-state index is 0.165. The van der Waals surface area contributed by atoms with Gasteiger partial charge in [-0.3, -0.25) is 4.98 Å². The van der Waals surface area contributed by atoms with Crippen LogP contribution < -0.4 is 0 Å². The van der Waals surface area contributed by atoms with Gasteiger partial charge in [-0.25, -0.2) is 9.97 Å². The van der Waals surface area contributed by atoms with Crippen LogP contribution in [0, 0.1) is 17.2 Å². The monoisotopic (exact) mass is 351 g/mol. The molecule has 0 atom stereocenters. The molecule has 0 amide bonds. The Morgan fingerprint density at radius 3 is 2.80 bits per heavy atom. The second-order valence-electron chi connectivity index (χ2n) is 6.61. The molecule has 0 radical (unpaired) electrons. The van der Waals surface area contributed by atoms with Crippen molar-refractivity contribution in [3.8, 4) is 17.3 Å². The smallest absolute Gasteiger partial charge is 0.233 e. The van der Waals surface area contributed by atoms with Crippen molar-refractivity contribution in [3.05, 3.63) is 41.6 Å². The number of nitrogens with zero attached hydrogens (tertiary/aromatic N) is 5. The molecule has 4 rings (SSSR count). The van der Waals surface area contributed by atoms with Crippen LogP contribution in [0.3, 0.4) is 0 Å². The van der Waals surface area contributed by atoms with Crippen molar-refractivity contribution in [2.24, 2.45) is 5.92 Å². The summed E-state index contributed by atoms with van der Waals surface area (Å²) in [6, 6.07) is 5.84. The molecule has 126 valence electrons. The van der Waals surface area contributed by atoms with Gasteiger partial charge in [0.15, 0.2) is 0 Å². The molecule has 3 aromatic heterocycles. The van der Waals surface area contributed by atoms with Crippen LogP contribution in [-0.4, -0.2) is 19.5 Å². The van der Waals surface area contributed by atoms with Crippen molar-refractivity contribution in [2.75, 3.05) is 0 Å². The van der Waals surface area contributed by atoms with Crippen LogP contribution in [0.4, 0.5) is 0 Å². The van der Waals surface area contributed by atoms with Gasteiger partial charge >= 0.3 is 0 Å². The molecule has 3 heterocycles. The normalized spacial score (nSPS) is 15.4. The van der Waals surface area contributed by atoms with Crippen molar-refractivity contribution in [2.45, 2.75) is 38.6 Å². The number of nitriles is 1. The minimum atomic E-state index is 0.165. The number of hydrogen-bond acceptors (Lipinski definition) is 4. The average Bonchev–Trinajstić information content (AvgIpc) is 3.04. The number of hydrogen-bond donors (Lipinski definition) is 0. The van der Waals surface area contributed by atoms with Gasteiger partial charge in [-0.15, -0.1) is 0 Å². The third kappa shape index (κ3) is 3.22. The summed E-state index contributed by atoms with van der Waals surface area (Å²) in [5.74, 6) is 0.850. The molecule has 6 heteroatoms. The Morgan fingerprint density at radius 1 is 1.20 bits per heavy atom. The largest absolute Gasteiger partial charge is 0.344 e. The van der Waals surface area contributed by atoms with Crippen molar-refractivity contribution in [1.82, 2.24) is 19.5 Å². The van der Waals surface area contributed by atoms with Crippen molar-refractivity contribution in [1.29, 1.82) is 5.26 Å². The van der Waals surface area contributed by atoms with Gasteiger partial charge in [0, 0.05) is 30.7 Å². The van der Waals surface area contributed by atoms with E-state index in [2.05, 4.69) is 25.7 Å². The Hall–Kier alpha value is -2.45. The zero-order valence-electron chi connectivity index (χ0n) is 13.8. The fourth-order valence-electron chi connectivity index (χ4n) is 3.70. The second kappa shape index (κ2) is 6.81. The first kappa shape index (κ1) is 16.0. The fourth-order valence-corrected chi connectivity index (χ4v) is 3.87. The van der Waals surface area contributed by atoms with Gasteiger partial charge in [-0.1, -0.05) is 30.9 Å². The quantitative estimate of drug-likeness (QED) is 0.691. The highest BCUT2D eigenvalue weighted by molar-refractivity contribution is 6.30. The Labute approximate surface area is 151 Å². The lowest BCUT2D eigenvalue weighted by atomic mass is 9.89. The van der Waals surface area contributed by atoms with Crippen molar-refractivity contribution >= 4 is 22.6 Å². The molecule has 0 spiro atoms. The van der Waals surface area contributed by atoms with E-state index in [9.17, 15) is 5.26 Å². The topological polar surface area (TPSA) is 67.4 Å². The maximum atomic E-state index is 9.27. The molecule has 0 aliphatic heterocycles. The summed E-state index contributed by atoms with van der Waals surface area (Å²) in [6.07, 6.45) is 11.9. The highest BCUT2D eigenvalue weighted by Gasteiger charge is 2.18. The fraction of sp³-hybridized carbons (Fsp3) is 0.368. The number of halogens is 1. The van der Waals surface area contributed by atoms with Gasteiger partial charge in [-0.05, 0) is 30.9 Å². The predicted molar refractivity (Wildman–Crippen MR) is 97.1 cm³/mol. The van der Waals surface area contributed by atoms with E-state index in [0.29, 0.717) is 10.9 Å². The van der Waals surface area contributed by atoms with Crippen molar-refractivity contribution in [3.63, 3.8) is 0 Å². The maximum Gasteiger partial charge on any atom is 0.233 e. The van der Waals surface area contributed by atoms with Crippen molar-refractivity contribution < 1.29 is 0 Å². The van der Waals surface area contributed by atoms with Gasteiger partial charge in [0.25, 0.3) is 0 Å². The summed E-state index contributed by atoms with van der Waals surface area (Å²) < 4.78 is 2.22. The molecule has 0 saturated heterocycles. The Kier molecular flexibility index (Phi) is 4.37. The van der Waals surface area contributed by atoms with E-state index < -0.39 is 0 Å². The zero-order valence-corrected chi connectivity index (χ0v) is 14.6. The second-order valence-corrected chi connectivity index (χ2v) is 7.04. The summed E-state index contributed by atoms with van der Waals surface area (Å²) >= 11 is 6.11. The average molecular weight is 352 g/mol. The van der Waals surface area contributed by atoms with Crippen LogP contribution in [0.15, 0.2) is 30.7 Å². The molecule has 0 N–H and O–H groups in total. The Balaban J connectivity index is 1.84. The maximum absolute atomic E-state index is 9.27. The minimum Gasteiger partial charge on any atom is -0.344 e. The first-order chi connectivity index (χ1) is 12.2. The lowest BCUT2D eigenvalue weighted by Crippen LogP contribution is -2.14. The summed E-state index contributed by atoms with van der Waals surface area (Å²) in [5, 5.41) is 9.82. The molecule has 1 fully saturated rings. The van der Waals surface area contributed by atoms with Crippen LogP contribution in [0.5, 0.6) is 0 Å². The number of fused-ring (bicyclic) bond motifs is 1. The van der Waals surface area contributed by atoms with E-state index in [1.165, 1.54) is 32.1 Å². The molecule has 1 aliphatic rings. The highest BCUT2D eigenvalue weighted by Crippen LogP contribution is 2.31. The summed E-state index contributed by atoms with van der Waals surface area (Å²) in [4.78, 5) is 13.0. The third-order valence-electron chi connectivity index (χ3n) is 4.87. The van der Waals surface area contributed by atoms with Crippen LogP contribution in [0.1, 0.15) is 37.9 Å². The molecular weight excluding hydrogens is 334 g/mol. The van der Waals surface area contributed by atoms with E-state index in [4.69, 9.17) is 11.6 Å². The molecule has 25 heavy (non-hydrogen) atoms. The SMILES string of the molecule is N#Cc1nc(-c2cncc(Cl)c2)c2c(ccn2CC2CCCCC2)n1. The molecular formula is C19H18ClN5. The van der Waals surface area contributed by atoms with Crippen LogP contribution in [-0.2, 0) is 6.54 Å². The van der Waals surface area contributed by atoms with Gasteiger partial charge in [0.1, 0.15) is 11.8 Å². The summed E-state index contributed by atoms with van der Waals surface area (Å²) in [5.41, 5.74) is 3.27.